The van der Waals surface area contributed by atoms with Crippen LogP contribution in [0.5, 0.6) is 0 Å². The number of imide groups is 1. The van der Waals surface area contributed by atoms with Crippen LogP contribution in [0, 0.1) is 12.3 Å². The Labute approximate surface area is 192 Å². The number of nitrogens with one attached hydrogen (secondary N) is 1. The number of amides is 3. The topological polar surface area (TPSA) is 84.3 Å². The van der Waals surface area contributed by atoms with Gasteiger partial charge in [0.15, 0.2) is 0 Å². The highest BCUT2D eigenvalue weighted by atomic mass is 16.2. The SMILES string of the molecule is Cc1ccccc1-n1ncc2c1CC(C)(C)CC2NC(=O)c1ccc2c(c1)C(=O)N(C)C2=O. The van der Waals surface area contributed by atoms with Gasteiger partial charge in [-0.25, -0.2) is 4.68 Å². The van der Waals surface area contributed by atoms with Crippen LogP contribution in [0.3, 0.4) is 0 Å². The molecule has 0 fully saturated rings. The molecule has 1 aliphatic heterocycles. The van der Waals surface area contributed by atoms with E-state index in [9.17, 15) is 14.4 Å². The van der Waals surface area contributed by atoms with Gasteiger partial charge in [-0.1, -0.05) is 32.0 Å². The number of rotatable bonds is 3. The van der Waals surface area contributed by atoms with Crippen LogP contribution in [0.1, 0.15) is 74.2 Å². The Morgan fingerprint density at radius 1 is 1.09 bits per heavy atom. The van der Waals surface area contributed by atoms with Gasteiger partial charge in [0, 0.05) is 18.2 Å². The molecule has 1 aromatic heterocycles. The molecule has 0 saturated heterocycles. The Kier molecular flexibility index (Phi) is 4.74. The highest BCUT2D eigenvalue weighted by molar-refractivity contribution is 6.21. The van der Waals surface area contributed by atoms with Gasteiger partial charge in [0.2, 0.25) is 0 Å². The first-order valence-corrected chi connectivity index (χ1v) is 11.1. The number of nitrogens with zero attached hydrogens (tertiary/aromatic N) is 3. The lowest BCUT2D eigenvalue weighted by molar-refractivity contribution is 0.0692. The molecule has 1 unspecified atom stereocenters. The first-order chi connectivity index (χ1) is 15.7. The monoisotopic (exact) mass is 442 g/mol. The fraction of sp³-hybridized carbons (Fsp3) is 0.308. The molecular weight excluding hydrogens is 416 g/mol. The number of hydrogen-bond donors (Lipinski definition) is 1. The summed E-state index contributed by atoms with van der Waals surface area (Å²) in [5.41, 5.74) is 5.21. The molecule has 1 atom stereocenters. The maximum atomic E-state index is 13.2. The molecule has 3 amide bonds. The molecule has 0 spiro atoms. The first kappa shape index (κ1) is 21.1. The summed E-state index contributed by atoms with van der Waals surface area (Å²) in [6.45, 7) is 6.45. The van der Waals surface area contributed by atoms with E-state index in [1.54, 1.807) is 12.1 Å². The van der Waals surface area contributed by atoms with Gasteiger partial charge in [0.1, 0.15) is 0 Å². The van der Waals surface area contributed by atoms with E-state index in [1.807, 2.05) is 23.0 Å². The highest BCUT2D eigenvalue weighted by Crippen LogP contribution is 2.41. The van der Waals surface area contributed by atoms with Gasteiger partial charge >= 0.3 is 0 Å². The molecule has 0 bridgehead atoms. The van der Waals surface area contributed by atoms with E-state index in [2.05, 4.69) is 43.3 Å². The van der Waals surface area contributed by atoms with Crippen molar-refractivity contribution in [3.05, 3.63) is 82.2 Å². The van der Waals surface area contributed by atoms with E-state index in [0.717, 1.165) is 40.2 Å². The molecule has 0 saturated carbocycles. The van der Waals surface area contributed by atoms with Crippen molar-refractivity contribution in [2.75, 3.05) is 7.05 Å². The van der Waals surface area contributed by atoms with Gasteiger partial charge in [-0.3, -0.25) is 19.3 Å². The third kappa shape index (κ3) is 3.44. The van der Waals surface area contributed by atoms with Crippen molar-refractivity contribution in [2.45, 2.75) is 39.7 Å². The summed E-state index contributed by atoms with van der Waals surface area (Å²) >= 11 is 0. The van der Waals surface area contributed by atoms with Crippen molar-refractivity contribution in [2.24, 2.45) is 5.41 Å². The normalized spacial score (nSPS) is 18.8. The third-order valence-electron chi connectivity index (χ3n) is 6.68. The number of aromatic nitrogens is 2. The number of fused-ring (bicyclic) bond motifs is 2. The van der Waals surface area contributed by atoms with Crippen LogP contribution in [0.4, 0.5) is 0 Å². The van der Waals surface area contributed by atoms with E-state index < -0.39 is 0 Å². The molecule has 0 radical (unpaired) electrons. The molecule has 168 valence electrons. The molecule has 33 heavy (non-hydrogen) atoms. The predicted octanol–water partition coefficient (Wildman–Crippen LogP) is 3.85. The van der Waals surface area contributed by atoms with E-state index in [0.29, 0.717) is 11.1 Å². The molecule has 2 heterocycles. The molecule has 5 rings (SSSR count). The standard InChI is InChI=1S/C26H26N4O3/c1-15-7-5-6-8-21(15)30-22-13-26(2,3)12-20(19(22)14-27-30)28-23(31)16-9-10-17-18(11-16)25(33)29(4)24(17)32/h5-11,14,20H,12-13H2,1-4H3,(H,28,31). The van der Waals surface area contributed by atoms with Crippen molar-refractivity contribution in [3.63, 3.8) is 0 Å². The summed E-state index contributed by atoms with van der Waals surface area (Å²) in [4.78, 5) is 38.8. The second kappa shape index (κ2) is 7.40. The van der Waals surface area contributed by atoms with Crippen molar-refractivity contribution in [1.82, 2.24) is 20.0 Å². The van der Waals surface area contributed by atoms with Crippen LogP contribution < -0.4 is 5.32 Å². The maximum Gasteiger partial charge on any atom is 0.261 e. The van der Waals surface area contributed by atoms with E-state index in [-0.39, 0.29) is 34.7 Å². The number of benzene rings is 2. The third-order valence-corrected chi connectivity index (χ3v) is 6.68. The second-order valence-corrected chi connectivity index (χ2v) is 9.75. The molecular formula is C26H26N4O3. The van der Waals surface area contributed by atoms with E-state index >= 15 is 0 Å². The molecule has 7 nitrogen and oxygen atoms in total. The van der Waals surface area contributed by atoms with Crippen LogP contribution in [-0.2, 0) is 6.42 Å². The van der Waals surface area contributed by atoms with Gasteiger partial charge in [-0.2, -0.15) is 5.10 Å². The zero-order chi connectivity index (χ0) is 23.5. The Morgan fingerprint density at radius 2 is 1.82 bits per heavy atom. The zero-order valence-corrected chi connectivity index (χ0v) is 19.2. The minimum Gasteiger partial charge on any atom is -0.345 e. The Balaban J connectivity index is 1.47. The lowest BCUT2D eigenvalue weighted by Crippen LogP contribution is -2.36. The molecule has 3 aromatic rings. The summed E-state index contributed by atoms with van der Waals surface area (Å²) in [6.07, 6.45) is 3.48. The minimum atomic E-state index is -0.384. The van der Waals surface area contributed by atoms with Crippen molar-refractivity contribution in [1.29, 1.82) is 0 Å². The van der Waals surface area contributed by atoms with Gasteiger partial charge in [-0.15, -0.1) is 0 Å². The average molecular weight is 443 g/mol. The highest BCUT2D eigenvalue weighted by Gasteiger charge is 2.37. The second-order valence-electron chi connectivity index (χ2n) is 9.75. The molecule has 2 aromatic carbocycles. The zero-order valence-electron chi connectivity index (χ0n) is 19.2. The Bertz CT molecular complexity index is 1320. The fourth-order valence-electron chi connectivity index (χ4n) is 4.92. The molecule has 1 aliphatic carbocycles. The number of para-hydroxylation sites is 1. The molecule has 2 aliphatic rings. The first-order valence-electron chi connectivity index (χ1n) is 11.1. The van der Waals surface area contributed by atoms with E-state index in [1.165, 1.54) is 13.1 Å². The van der Waals surface area contributed by atoms with E-state index in [4.69, 9.17) is 0 Å². The number of aryl methyl sites for hydroxylation is 1. The van der Waals surface area contributed by atoms with Crippen LogP contribution in [-0.4, -0.2) is 39.4 Å². The lowest BCUT2D eigenvalue weighted by atomic mass is 9.74. The summed E-state index contributed by atoms with van der Waals surface area (Å²) in [7, 11) is 1.45. The smallest absolute Gasteiger partial charge is 0.261 e. The van der Waals surface area contributed by atoms with Crippen molar-refractivity contribution in [3.8, 4) is 5.69 Å². The maximum absolute atomic E-state index is 13.2. The molecule has 1 N–H and O–H groups in total. The summed E-state index contributed by atoms with van der Waals surface area (Å²) in [6, 6.07) is 12.6. The van der Waals surface area contributed by atoms with Gasteiger partial charge in [-0.05, 0) is 55.0 Å². The Hall–Kier alpha value is -3.74. The van der Waals surface area contributed by atoms with Crippen molar-refractivity contribution < 1.29 is 14.4 Å². The van der Waals surface area contributed by atoms with Crippen LogP contribution in [0.25, 0.3) is 5.69 Å². The minimum absolute atomic E-state index is 0.0333. The predicted molar refractivity (Wildman–Crippen MR) is 123 cm³/mol. The van der Waals surface area contributed by atoms with Crippen LogP contribution >= 0.6 is 0 Å². The van der Waals surface area contributed by atoms with Crippen LogP contribution in [0.2, 0.25) is 0 Å². The largest absolute Gasteiger partial charge is 0.345 e. The van der Waals surface area contributed by atoms with Gasteiger partial charge in [0.05, 0.1) is 34.7 Å². The molecule has 7 heteroatoms. The summed E-state index contributed by atoms with van der Waals surface area (Å²) in [5, 5.41) is 7.83. The van der Waals surface area contributed by atoms with Gasteiger partial charge < -0.3 is 5.32 Å². The van der Waals surface area contributed by atoms with Crippen molar-refractivity contribution >= 4 is 17.7 Å². The Morgan fingerprint density at radius 3 is 2.58 bits per heavy atom. The summed E-state index contributed by atoms with van der Waals surface area (Å²) < 4.78 is 1.99. The average Bonchev–Trinajstić information content (AvgIpc) is 3.28. The number of carbonyl (C=O) groups is 3. The number of hydrogen-bond acceptors (Lipinski definition) is 4. The number of carbonyl (C=O) groups excluding carboxylic acids is 3. The fourth-order valence-corrected chi connectivity index (χ4v) is 4.92. The quantitative estimate of drug-likeness (QED) is 0.625. The van der Waals surface area contributed by atoms with Crippen LogP contribution in [0.15, 0.2) is 48.7 Å². The van der Waals surface area contributed by atoms with Gasteiger partial charge in [0.25, 0.3) is 17.7 Å². The summed E-state index contributed by atoms with van der Waals surface area (Å²) in [5.74, 6) is -1.00. The lowest BCUT2D eigenvalue weighted by Gasteiger charge is -2.36.